The number of benzene rings is 1. The summed E-state index contributed by atoms with van der Waals surface area (Å²) in [5.74, 6) is 1.20. The maximum absolute atomic E-state index is 4.59. The van der Waals surface area contributed by atoms with E-state index in [0.29, 0.717) is 12.1 Å². The number of fused-ring (bicyclic) bond motifs is 2. The monoisotopic (exact) mass is 282 g/mol. The van der Waals surface area contributed by atoms with Gasteiger partial charge in [-0.2, -0.15) is 0 Å². The Labute approximate surface area is 124 Å². The predicted molar refractivity (Wildman–Crippen MR) is 83.0 cm³/mol. The molecule has 2 unspecified atom stereocenters. The summed E-state index contributed by atoms with van der Waals surface area (Å²) in [6.07, 6.45) is 5.46. The van der Waals surface area contributed by atoms with Crippen LogP contribution in [-0.2, 0) is 6.42 Å². The van der Waals surface area contributed by atoms with Gasteiger partial charge >= 0.3 is 0 Å². The molecule has 1 aliphatic heterocycles. The first-order valence-corrected chi connectivity index (χ1v) is 8.32. The van der Waals surface area contributed by atoms with Gasteiger partial charge in [-0.1, -0.05) is 24.3 Å². The SMILES string of the molecule is c1cnc2c(c1)CCC2NC1CCSc2ccccc21. The Morgan fingerprint density at radius 3 is 3.00 bits per heavy atom. The molecule has 1 aromatic carbocycles. The normalized spacial score (nSPS) is 24.2. The zero-order chi connectivity index (χ0) is 13.4. The summed E-state index contributed by atoms with van der Waals surface area (Å²) < 4.78 is 0. The number of pyridine rings is 1. The van der Waals surface area contributed by atoms with Crippen LogP contribution in [0.3, 0.4) is 0 Å². The molecule has 0 radical (unpaired) electrons. The average Bonchev–Trinajstić information content (AvgIpc) is 2.91. The first-order chi connectivity index (χ1) is 9.92. The lowest BCUT2D eigenvalue weighted by molar-refractivity contribution is 0.422. The van der Waals surface area contributed by atoms with E-state index in [4.69, 9.17) is 0 Å². The number of aromatic nitrogens is 1. The number of nitrogens with one attached hydrogen (secondary N) is 1. The second-order valence-electron chi connectivity index (χ2n) is 5.53. The van der Waals surface area contributed by atoms with Crippen LogP contribution >= 0.6 is 11.8 Å². The maximum Gasteiger partial charge on any atom is 0.0605 e. The number of aryl methyl sites for hydroxylation is 1. The third kappa shape index (κ3) is 2.15. The molecule has 1 N–H and O–H groups in total. The summed E-state index contributed by atoms with van der Waals surface area (Å²) in [4.78, 5) is 6.03. The molecule has 0 amide bonds. The van der Waals surface area contributed by atoms with Crippen molar-refractivity contribution in [1.29, 1.82) is 0 Å². The van der Waals surface area contributed by atoms with Gasteiger partial charge in [0.2, 0.25) is 0 Å². The lowest BCUT2D eigenvalue weighted by Gasteiger charge is -2.28. The molecule has 102 valence electrons. The Morgan fingerprint density at radius 2 is 2.00 bits per heavy atom. The van der Waals surface area contributed by atoms with Crippen LogP contribution < -0.4 is 5.32 Å². The van der Waals surface area contributed by atoms with Gasteiger partial charge in [0.05, 0.1) is 11.7 Å². The van der Waals surface area contributed by atoms with E-state index in [1.54, 1.807) is 0 Å². The third-order valence-electron chi connectivity index (χ3n) is 4.32. The minimum Gasteiger partial charge on any atom is -0.302 e. The van der Waals surface area contributed by atoms with Crippen molar-refractivity contribution in [2.45, 2.75) is 36.2 Å². The van der Waals surface area contributed by atoms with Crippen molar-refractivity contribution in [2.75, 3.05) is 5.75 Å². The Hall–Kier alpha value is -1.32. The highest BCUT2D eigenvalue weighted by molar-refractivity contribution is 7.99. The Morgan fingerprint density at radius 1 is 1.05 bits per heavy atom. The van der Waals surface area contributed by atoms with Crippen LogP contribution in [0.4, 0.5) is 0 Å². The standard InChI is InChI=1S/C17H18N2S/c1-2-6-16-13(5-1)14(9-11-20-16)19-15-8-7-12-4-3-10-18-17(12)15/h1-6,10,14-15,19H,7-9,11H2. The van der Waals surface area contributed by atoms with Gasteiger partial charge in [-0.3, -0.25) is 4.98 Å². The fourth-order valence-electron chi connectivity index (χ4n) is 3.33. The molecular weight excluding hydrogens is 264 g/mol. The zero-order valence-corrected chi connectivity index (χ0v) is 12.2. The molecule has 2 aromatic rings. The summed E-state index contributed by atoms with van der Waals surface area (Å²) in [5.41, 5.74) is 4.15. The highest BCUT2D eigenvalue weighted by Gasteiger charge is 2.28. The molecular formula is C17H18N2S. The number of hydrogen-bond acceptors (Lipinski definition) is 3. The molecule has 2 heterocycles. The van der Waals surface area contributed by atoms with Crippen molar-refractivity contribution in [3.05, 3.63) is 59.4 Å². The molecule has 20 heavy (non-hydrogen) atoms. The number of thioether (sulfide) groups is 1. The van der Waals surface area contributed by atoms with Crippen LogP contribution in [0.25, 0.3) is 0 Å². The molecule has 2 nitrogen and oxygen atoms in total. The fourth-order valence-corrected chi connectivity index (χ4v) is 4.46. The smallest absolute Gasteiger partial charge is 0.0605 e. The quantitative estimate of drug-likeness (QED) is 0.904. The molecule has 0 fully saturated rings. The van der Waals surface area contributed by atoms with Gasteiger partial charge in [-0.15, -0.1) is 11.8 Å². The van der Waals surface area contributed by atoms with Crippen molar-refractivity contribution >= 4 is 11.8 Å². The predicted octanol–water partition coefficient (Wildman–Crippen LogP) is 3.90. The average molecular weight is 282 g/mol. The second-order valence-corrected chi connectivity index (χ2v) is 6.67. The van der Waals surface area contributed by atoms with Gasteiger partial charge < -0.3 is 5.32 Å². The van der Waals surface area contributed by atoms with Crippen molar-refractivity contribution < 1.29 is 0 Å². The summed E-state index contributed by atoms with van der Waals surface area (Å²) in [6, 6.07) is 14.0. The summed E-state index contributed by atoms with van der Waals surface area (Å²) in [6.45, 7) is 0. The topological polar surface area (TPSA) is 24.9 Å². The third-order valence-corrected chi connectivity index (χ3v) is 5.44. The van der Waals surface area contributed by atoms with Gasteiger partial charge in [-0.25, -0.2) is 0 Å². The van der Waals surface area contributed by atoms with Crippen molar-refractivity contribution in [3.63, 3.8) is 0 Å². The summed E-state index contributed by atoms with van der Waals surface area (Å²) in [5, 5.41) is 3.85. The van der Waals surface area contributed by atoms with Crippen LogP contribution in [0.15, 0.2) is 47.5 Å². The molecule has 3 heteroatoms. The molecule has 0 saturated heterocycles. The van der Waals surface area contributed by atoms with Gasteiger partial charge in [-0.05, 0) is 48.3 Å². The first-order valence-electron chi connectivity index (χ1n) is 7.33. The van der Waals surface area contributed by atoms with E-state index < -0.39 is 0 Å². The lowest BCUT2D eigenvalue weighted by Crippen LogP contribution is -2.28. The highest BCUT2D eigenvalue weighted by atomic mass is 32.2. The molecule has 0 saturated carbocycles. The van der Waals surface area contributed by atoms with E-state index in [1.165, 1.54) is 40.3 Å². The Bertz CT molecular complexity index is 626. The van der Waals surface area contributed by atoms with Crippen LogP contribution in [0.1, 0.15) is 41.7 Å². The van der Waals surface area contributed by atoms with Crippen molar-refractivity contribution in [3.8, 4) is 0 Å². The molecule has 0 bridgehead atoms. The minimum absolute atomic E-state index is 0.423. The fraction of sp³-hybridized carbons (Fsp3) is 0.353. The van der Waals surface area contributed by atoms with Crippen molar-refractivity contribution in [1.82, 2.24) is 10.3 Å². The van der Waals surface area contributed by atoms with Crippen LogP contribution in [-0.4, -0.2) is 10.7 Å². The van der Waals surface area contributed by atoms with Gasteiger partial charge in [0.25, 0.3) is 0 Å². The largest absolute Gasteiger partial charge is 0.302 e. The van der Waals surface area contributed by atoms with Crippen LogP contribution in [0, 0.1) is 0 Å². The molecule has 2 atom stereocenters. The first kappa shape index (κ1) is 12.4. The molecule has 2 aliphatic rings. The van der Waals surface area contributed by atoms with E-state index in [9.17, 15) is 0 Å². The van der Waals surface area contributed by atoms with Gasteiger partial charge in [0.15, 0.2) is 0 Å². The highest BCUT2D eigenvalue weighted by Crippen LogP contribution is 2.39. The minimum atomic E-state index is 0.423. The Kier molecular flexibility index (Phi) is 3.25. The molecule has 1 aromatic heterocycles. The maximum atomic E-state index is 4.59. The van der Waals surface area contributed by atoms with Crippen molar-refractivity contribution in [2.24, 2.45) is 0 Å². The van der Waals surface area contributed by atoms with E-state index >= 15 is 0 Å². The summed E-state index contributed by atoms with van der Waals surface area (Å²) in [7, 11) is 0. The molecule has 0 spiro atoms. The summed E-state index contributed by atoms with van der Waals surface area (Å²) >= 11 is 1.98. The Balaban J connectivity index is 1.59. The van der Waals surface area contributed by atoms with E-state index in [-0.39, 0.29) is 0 Å². The molecule has 4 rings (SSSR count). The number of nitrogens with zero attached hydrogens (tertiary/aromatic N) is 1. The molecule has 1 aliphatic carbocycles. The second kappa shape index (κ2) is 5.23. The number of hydrogen-bond donors (Lipinski definition) is 1. The number of rotatable bonds is 2. The zero-order valence-electron chi connectivity index (χ0n) is 11.4. The van der Waals surface area contributed by atoms with E-state index in [2.05, 4.69) is 40.6 Å². The van der Waals surface area contributed by atoms with Crippen LogP contribution in [0.2, 0.25) is 0 Å². The van der Waals surface area contributed by atoms with E-state index in [0.717, 1.165) is 6.42 Å². The van der Waals surface area contributed by atoms with Gasteiger partial charge in [0.1, 0.15) is 0 Å². The lowest BCUT2D eigenvalue weighted by atomic mass is 10.0. The van der Waals surface area contributed by atoms with Crippen LogP contribution in [0.5, 0.6) is 0 Å². The van der Waals surface area contributed by atoms with Gasteiger partial charge in [0, 0.05) is 17.1 Å². The van der Waals surface area contributed by atoms with E-state index in [1.807, 2.05) is 24.0 Å².